The summed E-state index contributed by atoms with van der Waals surface area (Å²) in [5.41, 5.74) is 2.43. The Hall–Kier alpha value is -1.57. The van der Waals surface area contributed by atoms with Gasteiger partial charge in [0.25, 0.3) is 0 Å². The van der Waals surface area contributed by atoms with Gasteiger partial charge in [0.2, 0.25) is 0 Å². The zero-order chi connectivity index (χ0) is 13.9. The Morgan fingerprint density at radius 1 is 1.30 bits per heavy atom. The number of aromatic hydroxyl groups is 1. The van der Waals surface area contributed by atoms with E-state index in [-0.39, 0.29) is 5.41 Å². The first-order chi connectivity index (χ1) is 9.59. The summed E-state index contributed by atoms with van der Waals surface area (Å²) in [5.74, 6) is 2.35. The maximum absolute atomic E-state index is 12.2. The van der Waals surface area contributed by atoms with Gasteiger partial charge in [-0.15, -0.1) is 0 Å². The van der Waals surface area contributed by atoms with E-state index < -0.39 is 0 Å². The molecule has 0 radical (unpaired) electrons. The lowest BCUT2D eigenvalue weighted by molar-refractivity contribution is -0.128. The highest BCUT2D eigenvalue weighted by atomic mass is 16.3. The van der Waals surface area contributed by atoms with Crippen LogP contribution in [-0.4, -0.2) is 10.9 Å². The third-order valence-corrected chi connectivity index (χ3v) is 6.01. The number of hydrogen-bond acceptors (Lipinski definition) is 2. The first-order valence-corrected chi connectivity index (χ1v) is 7.64. The summed E-state index contributed by atoms with van der Waals surface area (Å²) in [7, 11) is 0. The highest BCUT2D eigenvalue weighted by Crippen LogP contribution is 2.58. The number of rotatable bonds is 0. The molecule has 1 aromatic carbocycles. The van der Waals surface area contributed by atoms with Gasteiger partial charge in [-0.05, 0) is 60.3 Å². The Kier molecular flexibility index (Phi) is 2.42. The first kappa shape index (κ1) is 12.2. The number of phenolic OH excluding ortho intramolecular Hbond substituents is 1. The van der Waals surface area contributed by atoms with Crippen molar-refractivity contribution in [2.24, 2.45) is 17.3 Å². The number of allylic oxidation sites excluding steroid dienone is 1. The minimum atomic E-state index is -0.0834. The van der Waals surface area contributed by atoms with Crippen molar-refractivity contribution in [1.82, 2.24) is 0 Å². The molecule has 0 aromatic heterocycles. The first-order valence-electron chi connectivity index (χ1n) is 7.64. The molecule has 0 saturated heterocycles. The van der Waals surface area contributed by atoms with Crippen LogP contribution in [0.25, 0.3) is 6.08 Å². The van der Waals surface area contributed by atoms with Crippen molar-refractivity contribution in [2.45, 2.75) is 38.5 Å². The van der Waals surface area contributed by atoms with Crippen LogP contribution in [0.4, 0.5) is 0 Å². The Morgan fingerprint density at radius 3 is 3.00 bits per heavy atom. The number of phenols is 1. The molecule has 1 N–H and O–H groups in total. The van der Waals surface area contributed by atoms with E-state index in [1.807, 2.05) is 6.07 Å². The Morgan fingerprint density at radius 2 is 2.15 bits per heavy atom. The molecule has 4 atom stereocenters. The molecule has 0 heterocycles. The van der Waals surface area contributed by atoms with Gasteiger partial charge in [0.1, 0.15) is 11.5 Å². The minimum Gasteiger partial charge on any atom is -0.508 e. The molecule has 2 fully saturated rings. The molecule has 1 unspecified atom stereocenters. The molecule has 3 aliphatic rings. The molecule has 0 aliphatic heterocycles. The number of ketones is 1. The molecule has 3 aliphatic carbocycles. The zero-order valence-electron chi connectivity index (χ0n) is 11.8. The molecule has 0 spiro atoms. The second-order valence-electron chi connectivity index (χ2n) is 6.88. The van der Waals surface area contributed by atoms with Gasteiger partial charge in [0.05, 0.1) is 0 Å². The number of carbonyl (C=O) groups is 1. The second kappa shape index (κ2) is 3.97. The van der Waals surface area contributed by atoms with Crippen molar-refractivity contribution in [3.05, 3.63) is 35.4 Å². The van der Waals surface area contributed by atoms with Crippen LogP contribution >= 0.6 is 0 Å². The van der Waals surface area contributed by atoms with E-state index in [4.69, 9.17) is 0 Å². The van der Waals surface area contributed by atoms with Crippen molar-refractivity contribution in [2.75, 3.05) is 0 Å². The predicted molar refractivity (Wildman–Crippen MR) is 78.4 cm³/mol. The van der Waals surface area contributed by atoms with E-state index in [1.54, 1.807) is 6.07 Å². The van der Waals surface area contributed by atoms with Gasteiger partial charge in [-0.3, -0.25) is 4.79 Å². The third kappa shape index (κ3) is 1.48. The molecule has 2 heteroatoms. The average molecular weight is 268 g/mol. The largest absolute Gasteiger partial charge is 0.508 e. The number of carbonyl (C=O) groups excluding carboxylic acids is 1. The number of benzene rings is 1. The average Bonchev–Trinajstić information content (AvgIpc) is 2.74. The summed E-state index contributed by atoms with van der Waals surface area (Å²) in [6.45, 7) is 2.18. The van der Waals surface area contributed by atoms with Crippen LogP contribution in [-0.2, 0) is 4.79 Å². The normalized spacial score (nSPS) is 38.2. The van der Waals surface area contributed by atoms with Crippen LogP contribution in [0.5, 0.6) is 5.75 Å². The Balaban J connectivity index is 1.77. The van der Waals surface area contributed by atoms with E-state index in [0.717, 1.165) is 31.2 Å². The van der Waals surface area contributed by atoms with Crippen molar-refractivity contribution >= 4 is 11.9 Å². The fraction of sp³-hybridized carbons (Fsp3) is 0.500. The Labute approximate surface area is 119 Å². The highest BCUT2D eigenvalue weighted by molar-refractivity contribution is 5.87. The summed E-state index contributed by atoms with van der Waals surface area (Å²) < 4.78 is 0. The van der Waals surface area contributed by atoms with Gasteiger partial charge >= 0.3 is 0 Å². The predicted octanol–water partition coefficient (Wildman–Crippen LogP) is 3.90. The Bertz CT molecular complexity index is 616. The van der Waals surface area contributed by atoms with Crippen LogP contribution in [0.3, 0.4) is 0 Å². The molecule has 20 heavy (non-hydrogen) atoms. The molecule has 0 bridgehead atoms. The van der Waals surface area contributed by atoms with Gasteiger partial charge in [-0.2, -0.15) is 0 Å². The monoisotopic (exact) mass is 268 g/mol. The SMILES string of the molecule is C[C@]12CC[C@@H]3c4ccc(O)cc4C=CC3[C@@H]1CCC2=O. The summed E-state index contributed by atoms with van der Waals surface area (Å²) in [4.78, 5) is 12.2. The van der Waals surface area contributed by atoms with Crippen molar-refractivity contribution in [3.8, 4) is 5.75 Å². The van der Waals surface area contributed by atoms with Gasteiger partial charge < -0.3 is 5.11 Å². The van der Waals surface area contributed by atoms with Crippen molar-refractivity contribution in [3.63, 3.8) is 0 Å². The summed E-state index contributed by atoms with van der Waals surface area (Å²) in [5, 5.41) is 9.63. The van der Waals surface area contributed by atoms with E-state index >= 15 is 0 Å². The standard InChI is InChI=1S/C18H20O2/c1-18-9-8-14-13-5-3-12(19)10-11(13)2-4-15(14)16(18)6-7-17(18)20/h2-5,10,14-16,19H,6-9H2,1H3/t14-,15?,16+,18+/m1/s1. The highest BCUT2D eigenvalue weighted by Gasteiger charge is 2.53. The molecule has 104 valence electrons. The molecule has 2 nitrogen and oxygen atoms in total. The van der Waals surface area contributed by atoms with Crippen LogP contribution < -0.4 is 0 Å². The van der Waals surface area contributed by atoms with Crippen LogP contribution in [0, 0.1) is 17.3 Å². The lowest BCUT2D eigenvalue weighted by Crippen LogP contribution is -2.40. The molecule has 1 aromatic rings. The molecule has 2 saturated carbocycles. The molecular formula is C18H20O2. The van der Waals surface area contributed by atoms with Crippen molar-refractivity contribution in [1.29, 1.82) is 0 Å². The lowest BCUT2D eigenvalue weighted by Gasteiger charge is -2.46. The van der Waals surface area contributed by atoms with Gasteiger partial charge in [0, 0.05) is 11.8 Å². The smallest absolute Gasteiger partial charge is 0.139 e. The number of fused-ring (bicyclic) bond motifs is 5. The molecule has 4 rings (SSSR count). The third-order valence-electron chi connectivity index (χ3n) is 6.01. The van der Waals surface area contributed by atoms with E-state index in [9.17, 15) is 9.90 Å². The summed E-state index contributed by atoms with van der Waals surface area (Å²) >= 11 is 0. The lowest BCUT2D eigenvalue weighted by atomic mass is 9.57. The maximum Gasteiger partial charge on any atom is 0.139 e. The van der Waals surface area contributed by atoms with E-state index in [0.29, 0.717) is 29.3 Å². The number of hydrogen-bond donors (Lipinski definition) is 1. The summed E-state index contributed by atoms with van der Waals surface area (Å²) in [6.07, 6.45) is 8.37. The van der Waals surface area contributed by atoms with Crippen LogP contribution in [0.15, 0.2) is 24.3 Å². The van der Waals surface area contributed by atoms with Crippen LogP contribution in [0.2, 0.25) is 0 Å². The fourth-order valence-corrected chi connectivity index (χ4v) is 4.86. The second-order valence-corrected chi connectivity index (χ2v) is 6.88. The van der Waals surface area contributed by atoms with Gasteiger partial charge in [-0.25, -0.2) is 0 Å². The van der Waals surface area contributed by atoms with Gasteiger partial charge in [-0.1, -0.05) is 25.1 Å². The zero-order valence-corrected chi connectivity index (χ0v) is 11.8. The van der Waals surface area contributed by atoms with Crippen LogP contribution in [0.1, 0.15) is 49.7 Å². The quantitative estimate of drug-likeness (QED) is 0.775. The number of Topliss-reactive ketones (excluding diaryl/α,β-unsaturated/α-hetero) is 1. The summed E-state index contributed by atoms with van der Waals surface area (Å²) in [6, 6.07) is 5.73. The van der Waals surface area contributed by atoms with Gasteiger partial charge in [0.15, 0.2) is 0 Å². The maximum atomic E-state index is 12.2. The minimum absolute atomic E-state index is 0.0834. The van der Waals surface area contributed by atoms with Crippen molar-refractivity contribution < 1.29 is 9.90 Å². The molecule has 0 amide bonds. The fourth-order valence-electron chi connectivity index (χ4n) is 4.86. The topological polar surface area (TPSA) is 37.3 Å². The van der Waals surface area contributed by atoms with E-state index in [2.05, 4.69) is 25.1 Å². The molecular weight excluding hydrogens is 248 g/mol. The van der Waals surface area contributed by atoms with E-state index in [1.165, 1.54) is 5.56 Å².